The van der Waals surface area contributed by atoms with Crippen LogP contribution in [0.1, 0.15) is 41.5 Å². The summed E-state index contributed by atoms with van der Waals surface area (Å²) >= 11 is 0. The molecule has 0 aliphatic heterocycles. The summed E-state index contributed by atoms with van der Waals surface area (Å²) in [6.07, 6.45) is 1.14. The Kier molecular flexibility index (Phi) is 19.1. The van der Waals surface area contributed by atoms with Crippen LogP contribution in [0.4, 0.5) is 0 Å². The molecule has 0 aromatic heterocycles. The zero-order valence-electron chi connectivity index (χ0n) is 24.7. The first kappa shape index (κ1) is 37.2. The van der Waals surface area contributed by atoms with Gasteiger partial charge in [-0.05, 0) is 33.8 Å². The molecule has 2 N–H and O–H groups in total. The lowest BCUT2D eigenvalue weighted by Gasteiger charge is -2.31. The van der Waals surface area contributed by atoms with E-state index in [9.17, 15) is 24.0 Å². The third kappa shape index (κ3) is 15.1. The predicted molar refractivity (Wildman–Crippen MR) is 157 cm³/mol. The summed E-state index contributed by atoms with van der Waals surface area (Å²) in [7, 11) is 0. The Morgan fingerprint density at radius 3 is 1.15 bits per heavy atom. The Morgan fingerprint density at radius 1 is 0.564 bits per heavy atom. The van der Waals surface area contributed by atoms with Crippen LogP contribution in [0.3, 0.4) is 0 Å². The second kappa shape index (κ2) is 20.1. The number of amides is 5. The lowest BCUT2D eigenvalue weighted by Crippen LogP contribution is -2.47. The normalized spacial score (nSPS) is 9.59. The molecule has 0 aliphatic rings. The van der Waals surface area contributed by atoms with Crippen LogP contribution in [0.15, 0.2) is 61.3 Å². The molecule has 0 aliphatic carbocycles. The maximum Gasteiger partial charge on any atom is 0.249 e. The molecule has 10 nitrogen and oxygen atoms in total. The summed E-state index contributed by atoms with van der Waals surface area (Å²) in [6.45, 7) is 30.0. The number of rotatable bonds is 17. The molecular formula is C29H47N5O5. The Morgan fingerprint density at radius 2 is 0.872 bits per heavy atom. The highest BCUT2D eigenvalue weighted by atomic mass is 16.2. The molecule has 0 aromatic carbocycles. The van der Waals surface area contributed by atoms with Gasteiger partial charge in [0.1, 0.15) is 0 Å². The standard InChI is InChI=1S/C27H41N5O5.C2H6/c1-10-23(33)28-11-13-30(25(35)20(4)5)15-17-32(27(37)22(8)9)18-16-31(26(36)21(6)7)14-12-29-24(34)19(2)3;1-2/h10H,1-2,4,6,8,11-18H2,3,5,7,9H3,(H,28,33)(H,29,34);1-2H3. The van der Waals surface area contributed by atoms with Crippen LogP contribution in [-0.2, 0) is 24.0 Å². The molecule has 10 heteroatoms. The number of hydrogen-bond acceptors (Lipinski definition) is 5. The van der Waals surface area contributed by atoms with E-state index < -0.39 is 0 Å². The van der Waals surface area contributed by atoms with Crippen molar-refractivity contribution < 1.29 is 24.0 Å². The minimum absolute atomic E-state index is 0.168. The average Bonchev–Trinajstić information content (AvgIpc) is 2.89. The molecule has 39 heavy (non-hydrogen) atoms. The van der Waals surface area contributed by atoms with Gasteiger partial charge in [0.2, 0.25) is 29.5 Å². The monoisotopic (exact) mass is 545 g/mol. The average molecular weight is 546 g/mol. The first-order valence-corrected chi connectivity index (χ1v) is 12.9. The maximum atomic E-state index is 12.8. The SMILES string of the molecule is C=CC(=O)NCCN(CCN(CCN(CCNC(=O)C(=C)C)C(=O)C(=C)C)C(=O)C(=C)C)C(=O)C(=C)C.CC. The van der Waals surface area contributed by atoms with Crippen LogP contribution in [-0.4, -0.2) is 96.6 Å². The quantitative estimate of drug-likeness (QED) is 0.272. The van der Waals surface area contributed by atoms with Crippen LogP contribution >= 0.6 is 0 Å². The maximum absolute atomic E-state index is 12.8. The summed E-state index contributed by atoms with van der Waals surface area (Å²) in [5, 5.41) is 5.30. The molecule has 5 amide bonds. The molecule has 218 valence electrons. The molecule has 0 saturated carbocycles. The van der Waals surface area contributed by atoms with Gasteiger partial charge in [0.05, 0.1) is 0 Å². The molecule has 0 unspecified atom stereocenters. The third-order valence-corrected chi connectivity index (χ3v) is 5.16. The predicted octanol–water partition coefficient (Wildman–Crippen LogP) is 2.22. The number of hydrogen-bond donors (Lipinski definition) is 2. The smallest absolute Gasteiger partial charge is 0.249 e. The van der Waals surface area contributed by atoms with Gasteiger partial charge in [-0.15, -0.1) is 0 Å². The number of carbonyl (C=O) groups excluding carboxylic acids is 5. The topological polar surface area (TPSA) is 119 Å². The van der Waals surface area contributed by atoms with Crippen LogP contribution in [0.2, 0.25) is 0 Å². The highest BCUT2D eigenvalue weighted by Crippen LogP contribution is 2.06. The molecule has 0 saturated heterocycles. The molecule has 0 rings (SSSR count). The second-order valence-electron chi connectivity index (χ2n) is 8.75. The molecular weight excluding hydrogens is 498 g/mol. The Bertz CT molecular complexity index is 954. The van der Waals surface area contributed by atoms with Gasteiger partial charge >= 0.3 is 0 Å². The van der Waals surface area contributed by atoms with E-state index in [0.29, 0.717) is 22.3 Å². The summed E-state index contributed by atoms with van der Waals surface area (Å²) in [6, 6.07) is 0. The van der Waals surface area contributed by atoms with Crippen LogP contribution in [0, 0.1) is 0 Å². The van der Waals surface area contributed by atoms with Crippen LogP contribution in [0.25, 0.3) is 0 Å². The van der Waals surface area contributed by atoms with E-state index in [1.807, 2.05) is 13.8 Å². The van der Waals surface area contributed by atoms with E-state index in [1.165, 1.54) is 14.7 Å². The lowest BCUT2D eigenvalue weighted by atomic mass is 10.2. The van der Waals surface area contributed by atoms with Crippen molar-refractivity contribution in [1.82, 2.24) is 25.3 Å². The van der Waals surface area contributed by atoms with E-state index in [2.05, 4.69) is 43.5 Å². The van der Waals surface area contributed by atoms with Crippen molar-refractivity contribution >= 4 is 29.5 Å². The van der Waals surface area contributed by atoms with E-state index in [4.69, 9.17) is 0 Å². The fourth-order valence-electron chi connectivity index (χ4n) is 3.08. The lowest BCUT2D eigenvalue weighted by molar-refractivity contribution is -0.132. The van der Waals surface area contributed by atoms with Gasteiger partial charge in [-0.1, -0.05) is 46.7 Å². The number of nitrogens with zero attached hydrogens (tertiary/aromatic N) is 3. The zero-order chi connectivity index (χ0) is 30.7. The summed E-state index contributed by atoms with van der Waals surface area (Å²) < 4.78 is 0. The highest BCUT2D eigenvalue weighted by molar-refractivity contribution is 5.94. The van der Waals surface area contributed by atoms with Gasteiger partial charge in [0, 0.05) is 74.7 Å². The first-order valence-electron chi connectivity index (χ1n) is 12.9. The summed E-state index contributed by atoms with van der Waals surface area (Å²) in [5.74, 6) is -1.59. The first-order chi connectivity index (χ1) is 18.2. The van der Waals surface area contributed by atoms with E-state index >= 15 is 0 Å². The van der Waals surface area contributed by atoms with Crippen molar-refractivity contribution in [3.8, 4) is 0 Å². The van der Waals surface area contributed by atoms with Gasteiger partial charge in [0.15, 0.2) is 0 Å². The fourth-order valence-corrected chi connectivity index (χ4v) is 3.08. The molecule has 0 heterocycles. The fraction of sp³-hybridized carbons (Fsp3) is 0.483. The van der Waals surface area contributed by atoms with Crippen molar-refractivity contribution in [2.45, 2.75) is 41.5 Å². The second-order valence-corrected chi connectivity index (χ2v) is 8.75. The van der Waals surface area contributed by atoms with Gasteiger partial charge < -0.3 is 25.3 Å². The zero-order valence-corrected chi connectivity index (χ0v) is 24.7. The van der Waals surface area contributed by atoms with Crippen LogP contribution < -0.4 is 10.6 Å². The Labute approximate surface area is 234 Å². The molecule has 0 fully saturated rings. The highest BCUT2D eigenvalue weighted by Gasteiger charge is 2.21. The van der Waals surface area contributed by atoms with Gasteiger partial charge in [-0.2, -0.15) is 0 Å². The van der Waals surface area contributed by atoms with Crippen molar-refractivity contribution in [3.63, 3.8) is 0 Å². The van der Waals surface area contributed by atoms with Crippen molar-refractivity contribution in [2.75, 3.05) is 52.4 Å². The van der Waals surface area contributed by atoms with E-state index in [-0.39, 0.29) is 81.9 Å². The summed E-state index contributed by atoms with van der Waals surface area (Å²) in [5.41, 5.74) is 1.31. The van der Waals surface area contributed by atoms with Crippen molar-refractivity contribution in [3.05, 3.63) is 61.3 Å². The van der Waals surface area contributed by atoms with Crippen molar-refractivity contribution in [2.24, 2.45) is 0 Å². The van der Waals surface area contributed by atoms with Crippen molar-refractivity contribution in [1.29, 1.82) is 0 Å². The van der Waals surface area contributed by atoms with Crippen LogP contribution in [0.5, 0.6) is 0 Å². The van der Waals surface area contributed by atoms with Gasteiger partial charge in [-0.3, -0.25) is 24.0 Å². The molecule has 0 aromatic rings. The summed E-state index contributed by atoms with van der Waals surface area (Å²) in [4.78, 5) is 65.9. The van der Waals surface area contributed by atoms with Gasteiger partial charge in [0.25, 0.3) is 0 Å². The minimum Gasteiger partial charge on any atom is -0.351 e. The third-order valence-electron chi connectivity index (χ3n) is 5.16. The van der Waals surface area contributed by atoms with E-state index in [0.717, 1.165) is 6.08 Å². The molecule has 0 atom stereocenters. The molecule has 0 bridgehead atoms. The molecule has 0 spiro atoms. The Balaban J connectivity index is 0. The van der Waals surface area contributed by atoms with Gasteiger partial charge in [-0.25, -0.2) is 0 Å². The largest absolute Gasteiger partial charge is 0.351 e. The molecule has 0 radical (unpaired) electrons. The number of nitrogens with one attached hydrogen (secondary N) is 2. The van der Waals surface area contributed by atoms with E-state index in [1.54, 1.807) is 27.7 Å². The minimum atomic E-state index is -0.358. The Hall–Kier alpha value is -3.95. The number of carbonyl (C=O) groups is 5.